The molecule has 0 saturated carbocycles. The molecular formula is C17H29N3. The molecule has 0 radical (unpaired) electrons. The minimum Gasteiger partial charge on any atom is -0.317 e. The molecule has 0 aromatic heterocycles. The average molecular weight is 275 g/mol. The molecular weight excluding hydrogens is 246 g/mol. The van der Waals surface area contributed by atoms with E-state index in [0.717, 1.165) is 19.6 Å². The summed E-state index contributed by atoms with van der Waals surface area (Å²) in [4.78, 5) is 5.07. The van der Waals surface area contributed by atoms with Crippen LogP contribution in [0.4, 0.5) is 0 Å². The molecule has 1 aliphatic rings. The van der Waals surface area contributed by atoms with Crippen molar-refractivity contribution >= 4 is 0 Å². The Labute approximate surface area is 124 Å². The molecule has 0 atom stereocenters. The second-order valence-electron chi connectivity index (χ2n) is 5.88. The molecule has 1 aromatic rings. The van der Waals surface area contributed by atoms with E-state index in [2.05, 4.69) is 52.5 Å². The molecule has 0 spiro atoms. The fourth-order valence-electron chi connectivity index (χ4n) is 2.81. The highest BCUT2D eigenvalue weighted by Gasteiger charge is 2.08. The van der Waals surface area contributed by atoms with E-state index in [1.165, 1.54) is 51.0 Å². The summed E-state index contributed by atoms with van der Waals surface area (Å²) in [5.41, 5.74) is 1.43. The molecule has 1 aliphatic heterocycles. The Morgan fingerprint density at radius 2 is 1.55 bits per heavy atom. The SMILES string of the molecule is CN1CCCNCCCN(Cc2ccccc2)CCC1. The molecule has 1 heterocycles. The fourth-order valence-corrected chi connectivity index (χ4v) is 2.81. The van der Waals surface area contributed by atoms with Gasteiger partial charge in [0.15, 0.2) is 0 Å². The largest absolute Gasteiger partial charge is 0.317 e. The van der Waals surface area contributed by atoms with Gasteiger partial charge in [-0.3, -0.25) is 4.90 Å². The Bertz CT molecular complexity index is 353. The van der Waals surface area contributed by atoms with Gasteiger partial charge in [0.2, 0.25) is 0 Å². The normalized spacial score (nSPS) is 21.1. The van der Waals surface area contributed by atoms with Crippen LogP contribution < -0.4 is 5.32 Å². The van der Waals surface area contributed by atoms with Gasteiger partial charge in [0.05, 0.1) is 0 Å². The van der Waals surface area contributed by atoms with E-state index in [1.807, 2.05) is 0 Å². The number of hydrogen-bond acceptors (Lipinski definition) is 3. The van der Waals surface area contributed by atoms with E-state index >= 15 is 0 Å². The zero-order chi connectivity index (χ0) is 14.0. The molecule has 3 nitrogen and oxygen atoms in total. The van der Waals surface area contributed by atoms with Crippen LogP contribution in [0.1, 0.15) is 24.8 Å². The third-order valence-corrected chi connectivity index (χ3v) is 3.98. The third-order valence-electron chi connectivity index (χ3n) is 3.98. The van der Waals surface area contributed by atoms with Crippen molar-refractivity contribution in [1.29, 1.82) is 0 Å². The second kappa shape index (κ2) is 9.11. The number of nitrogens with one attached hydrogen (secondary N) is 1. The number of nitrogens with zero attached hydrogens (tertiary/aromatic N) is 2. The lowest BCUT2D eigenvalue weighted by Gasteiger charge is -2.25. The van der Waals surface area contributed by atoms with Gasteiger partial charge >= 0.3 is 0 Å². The van der Waals surface area contributed by atoms with Crippen LogP contribution in [0.2, 0.25) is 0 Å². The molecule has 0 unspecified atom stereocenters. The van der Waals surface area contributed by atoms with Crippen molar-refractivity contribution in [3.63, 3.8) is 0 Å². The lowest BCUT2D eigenvalue weighted by atomic mass is 10.2. The van der Waals surface area contributed by atoms with E-state index in [1.54, 1.807) is 0 Å². The van der Waals surface area contributed by atoms with Gasteiger partial charge in [0.25, 0.3) is 0 Å². The Morgan fingerprint density at radius 1 is 0.900 bits per heavy atom. The molecule has 1 aromatic carbocycles. The first kappa shape index (κ1) is 15.5. The lowest BCUT2D eigenvalue weighted by molar-refractivity contribution is 0.229. The monoisotopic (exact) mass is 275 g/mol. The summed E-state index contributed by atoms with van der Waals surface area (Å²) in [6.45, 7) is 8.23. The second-order valence-corrected chi connectivity index (χ2v) is 5.88. The molecule has 0 bridgehead atoms. The molecule has 20 heavy (non-hydrogen) atoms. The molecule has 1 saturated heterocycles. The van der Waals surface area contributed by atoms with Crippen LogP contribution in [-0.2, 0) is 6.54 Å². The summed E-state index contributed by atoms with van der Waals surface area (Å²) in [6.07, 6.45) is 3.80. The fraction of sp³-hybridized carbons (Fsp3) is 0.647. The topological polar surface area (TPSA) is 18.5 Å². The Morgan fingerprint density at radius 3 is 2.35 bits per heavy atom. The first-order valence-electron chi connectivity index (χ1n) is 8.00. The van der Waals surface area contributed by atoms with Crippen molar-refractivity contribution in [3.8, 4) is 0 Å². The molecule has 2 rings (SSSR count). The predicted octanol–water partition coefficient (Wildman–Crippen LogP) is 2.19. The third kappa shape index (κ3) is 6.04. The van der Waals surface area contributed by atoms with Crippen molar-refractivity contribution in [1.82, 2.24) is 15.1 Å². The summed E-state index contributed by atoms with van der Waals surface area (Å²) in [6, 6.07) is 10.8. The predicted molar refractivity (Wildman–Crippen MR) is 85.9 cm³/mol. The van der Waals surface area contributed by atoms with Crippen molar-refractivity contribution in [2.45, 2.75) is 25.8 Å². The first-order valence-corrected chi connectivity index (χ1v) is 8.00. The smallest absolute Gasteiger partial charge is 0.0233 e. The van der Waals surface area contributed by atoms with Gasteiger partial charge in [-0.1, -0.05) is 30.3 Å². The van der Waals surface area contributed by atoms with Gasteiger partial charge in [-0.15, -0.1) is 0 Å². The summed E-state index contributed by atoms with van der Waals surface area (Å²) in [7, 11) is 2.24. The minimum atomic E-state index is 1.09. The van der Waals surface area contributed by atoms with Crippen LogP contribution in [-0.4, -0.2) is 56.1 Å². The van der Waals surface area contributed by atoms with E-state index in [4.69, 9.17) is 0 Å². The number of benzene rings is 1. The van der Waals surface area contributed by atoms with Crippen LogP contribution >= 0.6 is 0 Å². The van der Waals surface area contributed by atoms with E-state index in [-0.39, 0.29) is 0 Å². The molecule has 3 heteroatoms. The van der Waals surface area contributed by atoms with Crippen molar-refractivity contribution in [2.24, 2.45) is 0 Å². The van der Waals surface area contributed by atoms with Crippen LogP contribution in [0, 0.1) is 0 Å². The summed E-state index contributed by atoms with van der Waals surface area (Å²) >= 11 is 0. The number of hydrogen-bond donors (Lipinski definition) is 1. The lowest BCUT2D eigenvalue weighted by Crippen LogP contribution is -2.33. The maximum absolute atomic E-state index is 3.55. The summed E-state index contributed by atoms with van der Waals surface area (Å²) < 4.78 is 0. The highest BCUT2D eigenvalue weighted by molar-refractivity contribution is 5.14. The molecule has 0 aliphatic carbocycles. The molecule has 0 amide bonds. The van der Waals surface area contributed by atoms with Crippen molar-refractivity contribution in [3.05, 3.63) is 35.9 Å². The summed E-state index contributed by atoms with van der Waals surface area (Å²) in [5, 5.41) is 3.55. The highest BCUT2D eigenvalue weighted by Crippen LogP contribution is 2.06. The zero-order valence-corrected chi connectivity index (χ0v) is 12.9. The summed E-state index contributed by atoms with van der Waals surface area (Å²) in [5.74, 6) is 0. The molecule has 112 valence electrons. The van der Waals surface area contributed by atoms with Gasteiger partial charge in [-0.05, 0) is 71.1 Å². The molecule has 1 fully saturated rings. The quantitative estimate of drug-likeness (QED) is 0.892. The van der Waals surface area contributed by atoms with Gasteiger partial charge in [-0.25, -0.2) is 0 Å². The number of rotatable bonds is 2. The van der Waals surface area contributed by atoms with E-state index < -0.39 is 0 Å². The minimum absolute atomic E-state index is 1.09. The van der Waals surface area contributed by atoms with Gasteiger partial charge in [0, 0.05) is 6.54 Å². The van der Waals surface area contributed by atoms with Crippen LogP contribution in [0.25, 0.3) is 0 Å². The van der Waals surface area contributed by atoms with Gasteiger partial charge in [-0.2, -0.15) is 0 Å². The van der Waals surface area contributed by atoms with Gasteiger partial charge in [0.1, 0.15) is 0 Å². The average Bonchev–Trinajstić information content (AvgIpc) is 2.45. The van der Waals surface area contributed by atoms with E-state index in [9.17, 15) is 0 Å². The zero-order valence-electron chi connectivity index (χ0n) is 12.9. The maximum Gasteiger partial charge on any atom is 0.0233 e. The first-order chi connectivity index (χ1) is 9.84. The highest BCUT2D eigenvalue weighted by atomic mass is 15.1. The Balaban J connectivity index is 1.84. The van der Waals surface area contributed by atoms with Gasteiger partial charge < -0.3 is 10.2 Å². The van der Waals surface area contributed by atoms with E-state index in [0.29, 0.717) is 0 Å². The van der Waals surface area contributed by atoms with Crippen LogP contribution in [0.5, 0.6) is 0 Å². The molecule has 1 N–H and O–H groups in total. The van der Waals surface area contributed by atoms with Crippen LogP contribution in [0.15, 0.2) is 30.3 Å². The van der Waals surface area contributed by atoms with Crippen LogP contribution in [0.3, 0.4) is 0 Å². The Kier molecular flexibility index (Phi) is 7.06. The standard InChI is InChI=1S/C17H29N3/c1-19-12-5-10-18-11-6-14-20(15-7-13-19)16-17-8-3-2-4-9-17/h2-4,8-9,18H,5-7,10-16H2,1H3. The van der Waals surface area contributed by atoms with Crippen molar-refractivity contribution < 1.29 is 0 Å². The van der Waals surface area contributed by atoms with Crippen molar-refractivity contribution in [2.75, 3.05) is 46.3 Å². The Hall–Kier alpha value is -0.900. The maximum atomic E-state index is 3.55.